The maximum atomic E-state index is 13.4. The highest BCUT2D eigenvalue weighted by Gasteiger charge is 2.41. The van der Waals surface area contributed by atoms with Crippen LogP contribution in [0.2, 0.25) is 0 Å². The summed E-state index contributed by atoms with van der Waals surface area (Å²) in [5.74, 6) is 1.11. The van der Waals surface area contributed by atoms with Crippen LogP contribution >= 0.6 is 0 Å². The molecule has 8 nitrogen and oxygen atoms in total. The number of anilines is 3. The van der Waals surface area contributed by atoms with Crippen LogP contribution in [-0.4, -0.2) is 44.9 Å². The number of piperidine rings is 1. The van der Waals surface area contributed by atoms with Gasteiger partial charge in [-0.2, -0.15) is 5.10 Å². The quantitative estimate of drug-likeness (QED) is 0.709. The van der Waals surface area contributed by atoms with Crippen LogP contribution in [0.3, 0.4) is 0 Å². The van der Waals surface area contributed by atoms with Crippen LogP contribution in [0.25, 0.3) is 11.3 Å². The third-order valence-corrected chi connectivity index (χ3v) is 6.04. The van der Waals surface area contributed by atoms with Crippen molar-refractivity contribution in [2.75, 3.05) is 28.2 Å². The first-order valence-corrected chi connectivity index (χ1v) is 10.3. The number of urea groups is 1. The Bertz CT molecular complexity index is 1110. The van der Waals surface area contributed by atoms with Gasteiger partial charge in [0.1, 0.15) is 0 Å². The Balaban J connectivity index is 1.58. The molecule has 2 amide bonds. The van der Waals surface area contributed by atoms with Gasteiger partial charge in [0.05, 0.1) is 29.3 Å². The van der Waals surface area contributed by atoms with E-state index in [-0.39, 0.29) is 12.1 Å². The summed E-state index contributed by atoms with van der Waals surface area (Å²) in [7, 11) is 1.83. The van der Waals surface area contributed by atoms with Crippen molar-refractivity contribution >= 4 is 23.2 Å². The van der Waals surface area contributed by atoms with Crippen molar-refractivity contribution in [3.05, 3.63) is 48.5 Å². The number of pyridine rings is 2. The van der Waals surface area contributed by atoms with E-state index in [0.717, 1.165) is 42.1 Å². The first kappa shape index (κ1) is 18.6. The first-order valence-electron chi connectivity index (χ1n) is 10.3. The average molecular weight is 403 g/mol. The largest absolute Gasteiger partial charge is 0.366 e. The molecule has 2 bridgehead atoms. The summed E-state index contributed by atoms with van der Waals surface area (Å²) in [5.41, 5.74) is 4.46. The molecule has 8 heteroatoms. The lowest BCUT2D eigenvalue weighted by Crippen LogP contribution is -2.59. The van der Waals surface area contributed by atoms with E-state index in [0.29, 0.717) is 17.4 Å². The summed E-state index contributed by atoms with van der Waals surface area (Å²) in [4.78, 5) is 26.8. The number of hydrogen-bond donors (Lipinski definition) is 1. The second kappa shape index (κ2) is 7.12. The molecule has 5 rings (SSSR count). The van der Waals surface area contributed by atoms with Crippen LogP contribution in [0, 0.1) is 12.8 Å². The van der Waals surface area contributed by atoms with Crippen molar-refractivity contribution in [3.63, 3.8) is 0 Å². The molecule has 154 valence electrons. The highest BCUT2D eigenvalue weighted by atomic mass is 16.2. The van der Waals surface area contributed by atoms with Gasteiger partial charge in [-0.3, -0.25) is 14.6 Å². The zero-order valence-corrected chi connectivity index (χ0v) is 17.4. The van der Waals surface area contributed by atoms with Gasteiger partial charge in [-0.25, -0.2) is 9.78 Å². The third-order valence-electron chi connectivity index (χ3n) is 6.04. The Morgan fingerprint density at radius 2 is 2.13 bits per heavy atom. The SMILES string of the molecule is Cc1cc(-c2ccc3c(n2)N(C(=O)Nc2cnn(C)c2)[C@@H]2CN3CCC2C)ccn1. The van der Waals surface area contributed by atoms with Gasteiger partial charge in [0, 0.05) is 43.8 Å². The fourth-order valence-electron chi connectivity index (χ4n) is 4.41. The van der Waals surface area contributed by atoms with Crippen LogP contribution in [0.5, 0.6) is 0 Å². The van der Waals surface area contributed by atoms with Crippen molar-refractivity contribution in [1.29, 1.82) is 0 Å². The number of nitrogens with one attached hydrogen (secondary N) is 1. The molecule has 2 aliphatic rings. The Hall–Kier alpha value is -3.42. The topological polar surface area (TPSA) is 79.2 Å². The minimum Gasteiger partial charge on any atom is -0.366 e. The Kier molecular flexibility index (Phi) is 4.42. The van der Waals surface area contributed by atoms with Crippen molar-refractivity contribution in [2.24, 2.45) is 13.0 Å². The van der Waals surface area contributed by atoms with Gasteiger partial charge < -0.3 is 10.2 Å². The molecule has 3 aromatic rings. The molecule has 2 aliphatic heterocycles. The van der Waals surface area contributed by atoms with Gasteiger partial charge in [-0.05, 0) is 43.5 Å². The predicted molar refractivity (Wildman–Crippen MR) is 117 cm³/mol. The number of fused-ring (bicyclic) bond motifs is 4. The molecule has 0 radical (unpaired) electrons. The monoisotopic (exact) mass is 403 g/mol. The molecule has 1 saturated heterocycles. The maximum absolute atomic E-state index is 13.4. The van der Waals surface area contributed by atoms with Crippen molar-refractivity contribution < 1.29 is 4.79 Å². The number of carbonyl (C=O) groups is 1. The zero-order valence-electron chi connectivity index (χ0n) is 17.4. The zero-order chi connectivity index (χ0) is 20.8. The molecule has 1 fully saturated rings. The molecule has 5 heterocycles. The van der Waals surface area contributed by atoms with Crippen molar-refractivity contribution in [3.8, 4) is 11.3 Å². The molecular formula is C22H25N7O. The summed E-state index contributed by atoms with van der Waals surface area (Å²) in [6.07, 6.45) is 6.29. The molecule has 1 N–H and O–H groups in total. The maximum Gasteiger partial charge on any atom is 0.327 e. The number of aromatic nitrogens is 4. The lowest BCUT2D eigenvalue weighted by Gasteiger charge is -2.48. The van der Waals surface area contributed by atoms with E-state index in [1.165, 1.54) is 0 Å². The van der Waals surface area contributed by atoms with Crippen LogP contribution in [0.1, 0.15) is 19.0 Å². The molecule has 0 aliphatic carbocycles. The molecule has 0 aromatic carbocycles. The Labute approximate surface area is 175 Å². The second-order valence-corrected chi connectivity index (χ2v) is 8.21. The summed E-state index contributed by atoms with van der Waals surface area (Å²) in [6, 6.07) is 7.99. The Morgan fingerprint density at radius 3 is 2.90 bits per heavy atom. The van der Waals surface area contributed by atoms with Crippen LogP contribution in [-0.2, 0) is 7.05 Å². The summed E-state index contributed by atoms with van der Waals surface area (Å²) in [6.45, 7) is 5.99. The number of rotatable bonds is 2. The number of carbonyl (C=O) groups excluding carboxylic acids is 1. The van der Waals surface area contributed by atoms with E-state index in [4.69, 9.17) is 4.98 Å². The molecule has 30 heavy (non-hydrogen) atoms. The van der Waals surface area contributed by atoms with Gasteiger partial charge in [-0.15, -0.1) is 0 Å². The number of aryl methyl sites for hydroxylation is 2. The fourth-order valence-corrected chi connectivity index (χ4v) is 4.41. The molecule has 0 saturated carbocycles. The number of hydrogen-bond acceptors (Lipinski definition) is 5. The van der Waals surface area contributed by atoms with Gasteiger partial charge in [-0.1, -0.05) is 6.92 Å². The normalized spacial score (nSPS) is 20.1. The molecule has 2 atom stereocenters. The molecule has 0 spiro atoms. The standard InChI is InChI=1S/C22H25N7O/c1-14-7-9-28-13-20(14)29(22(30)25-17-11-24-27(3)12-17)21-19(28)5-4-18(26-21)16-6-8-23-15(2)10-16/h4-6,8,10-12,14,20H,7,9,13H2,1-3H3,(H,25,30)/t14?,20-/m1/s1. The average Bonchev–Trinajstić information content (AvgIpc) is 3.14. The van der Waals surface area contributed by atoms with Gasteiger partial charge >= 0.3 is 6.03 Å². The molecular weight excluding hydrogens is 378 g/mol. The minimum atomic E-state index is -0.168. The van der Waals surface area contributed by atoms with Gasteiger partial charge in [0.25, 0.3) is 0 Å². The van der Waals surface area contributed by atoms with E-state index < -0.39 is 0 Å². The molecule has 1 unspecified atom stereocenters. The van der Waals surface area contributed by atoms with E-state index >= 15 is 0 Å². The lowest BCUT2D eigenvalue weighted by atomic mass is 9.89. The summed E-state index contributed by atoms with van der Waals surface area (Å²) < 4.78 is 1.67. The third kappa shape index (κ3) is 3.18. The van der Waals surface area contributed by atoms with E-state index in [9.17, 15) is 4.79 Å². The second-order valence-electron chi connectivity index (χ2n) is 8.21. The number of nitrogens with zero attached hydrogens (tertiary/aromatic N) is 6. The van der Waals surface area contributed by atoms with Crippen LogP contribution in [0.4, 0.5) is 22.0 Å². The highest BCUT2D eigenvalue weighted by molar-refractivity contribution is 6.04. The highest BCUT2D eigenvalue weighted by Crippen LogP contribution is 2.41. The van der Waals surface area contributed by atoms with Gasteiger partial charge in [0.15, 0.2) is 5.82 Å². The van der Waals surface area contributed by atoms with E-state index in [1.54, 1.807) is 23.3 Å². The fraction of sp³-hybridized carbons (Fsp3) is 0.364. The van der Waals surface area contributed by atoms with Gasteiger partial charge in [0.2, 0.25) is 0 Å². The van der Waals surface area contributed by atoms with E-state index in [1.807, 2.05) is 37.1 Å². The smallest absolute Gasteiger partial charge is 0.327 e. The van der Waals surface area contributed by atoms with Crippen LogP contribution in [0.15, 0.2) is 42.9 Å². The number of amides is 2. The van der Waals surface area contributed by atoms with Crippen LogP contribution < -0.4 is 15.1 Å². The molecule has 3 aromatic heterocycles. The lowest BCUT2D eigenvalue weighted by molar-refractivity contribution is 0.248. The first-order chi connectivity index (χ1) is 14.5. The van der Waals surface area contributed by atoms with Crippen molar-refractivity contribution in [1.82, 2.24) is 19.7 Å². The van der Waals surface area contributed by atoms with E-state index in [2.05, 4.69) is 33.3 Å². The predicted octanol–water partition coefficient (Wildman–Crippen LogP) is 3.45. The summed E-state index contributed by atoms with van der Waals surface area (Å²) >= 11 is 0. The summed E-state index contributed by atoms with van der Waals surface area (Å²) in [5, 5.41) is 7.15. The minimum absolute atomic E-state index is 0.0739. The Morgan fingerprint density at radius 1 is 1.27 bits per heavy atom. The van der Waals surface area contributed by atoms with Crippen molar-refractivity contribution in [2.45, 2.75) is 26.3 Å².